The van der Waals surface area contributed by atoms with Crippen molar-refractivity contribution in [2.75, 3.05) is 12.4 Å². The molecule has 0 aliphatic heterocycles. The summed E-state index contributed by atoms with van der Waals surface area (Å²) in [5.74, 6) is 2.97. The van der Waals surface area contributed by atoms with E-state index in [9.17, 15) is 4.79 Å². The molecule has 0 radical (unpaired) electrons. The van der Waals surface area contributed by atoms with Crippen LogP contribution in [0.25, 0.3) is 11.4 Å². The van der Waals surface area contributed by atoms with E-state index in [1.54, 1.807) is 26.4 Å². The van der Waals surface area contributed by atoms with Gasteiger partial charge in [0, 0.05) is 11.6 Å². The average molecular weight is 454 g/mol. The zero-order chi connectivity index (χ0) is 22.5. The van der Waals surface area contributed by atoms with Crippen molar-refractivity contribution in [3.8, 4) is 17.1 Å². The first-order valence-corrected chi connectivity index (χ1v) is 11.0. The molecule has 0 saturated heterocycles. The molecule has 1 aromatic carbocycles. The number of furan rings is 1. The molecule has 0 aliphatic rings. The van der Waals surface area contributed by atoms with Gasteiger partial charge in [-0.05, 0) is 37.6 Å². The van der Waals surface area contributed by atoms with Crippen LogP contribution in [-0.2, 0) is 11.3 Å². The maximum atomic E-state index is 12.8. The average Bonchev–Trinajstić information content (AvgIpc) is 3.55. The van der Waals surface area contributed by atoms with E-state index in [2.05, 4.69) is 20.7 Å². The number of nitrogens with one attached hydrogen (secondary N) is 1. The molecular weight excluding hydrogens is 430 g/mol. The number of hydrogen-bond donors (Lipinski definition) is 1. The Hall–Kier alpha value is -3.53. The number of aromatic nitrogens is 4. The van der Waals surface area contributed by atoms with Crippen LogP contribution in [0.15, 0.2) is 62.8 Å². The van der Waals surface area contributed by atoms with Gasteiger partial charge < -0.3 is 19.0 Å². The van der Waals surface area contributed by atoms with E-state index >= 15 is 0 Å². The lowest BCUT2D eigenvalue weighted by Gasteiger charge is -2.14. The molecule has 9 nitrogen and oxygen atoms in total. The number of amides is 1. The lowest BCUT2D eigenvalue weighted by molar-refractivity contribution is -0.115. The van der Waals surface area contributed by atoms with Gasteiger partial charge in [-0.1, -0.05) is 36.0 Å². The fraction of sp³-hybridized carbons (Fsp3) is 0.273. The van der Waals surface area contributed by atoms with Crippen molar-refractivity contribution < 1.29 is 18.5 Å². The van der Waals surface area contributed by atoms with E-state index < -0.39 is 5.25 Å². The second-order valence-corrected chi connectivity index (χ2v) is 8.20. The Morgan fingerprint density at radius 1 is 1.25 bits per heavy atom. The Morgan fingerprint density at radius 3 is 2.81 bits per heavy atom. The first kappa shape index (κ1) is 21.7. The van der Waals surface area contributed by atoms with E-state index in [1.807, 2.05) is 47.9 Å². The van der Waals surface area contributed by atoms with Crippen LogP contribution in [-0.4, -0.2) is 38.2 Å². The number of carbonyl (C=O) groups is 1. The number of thioether (sulfide) groups is 1. The summed E-state index contributed by atoms with van der Waals surface area (Å²) in [5, 5.41) is 15.6. The Morgan fingerprint density at radius 2 is 2.12 bits per heavy atom. The highest BCUT2D eigenvalue weighted by molar-refractivity contribution is 8.00. The molecule has 3 heterocycles. The standard InChI is InChI=1S/C22H23N5O4S/c1-4-18(21(28)23-19-11-14(2)31-26-19)32-22-25-24-20(15-7-5-8-16(12-15)29-3)27(22)13-17-9-6-10-30-17/h5-12,18H,4,13H2,1-3H3,(H,23,26,28)/t18-/m0/s1. The van der Waals surface area contributed by atoms with Crippen molar-refractivity contribution in [3.63, 3.8) is 0 Å². The van der Waals surface area contributed by atoms with Gasteiger partial charge >= 0.3 is 0 Å². The van der Waals surface area contributed by atoms with Crippen LogP contribution in [0, 0.1) is 6.92 Å². The highest BCUT2D eigenvalue weighted by Gasteiger charge is 2.24. The molecule has 0 unspecified atom stereocenters. The van der Waals surface area contributed by atoms with Crippen LogP contribution in [0.4, 0.5) is 5.82 Å². The van der Waals surface area contributed by atoms with Crippen LogP contribution in [0.1, 0.15) is 24.9 Å². The van der Waals surface area contributed by atoms with Gasteiger partial charge in [0.2, 0.25) is 5.91 Å². The van der Waals surface area contributed by atoms with Gasteiger partial charge in [-0.3, -0.25) is 9.36 Å². The fourth-order valence-corrected chi connectivity index (χ4v) is 4.09. The van der Waals surface area contributed by atoms with Crippen molar-refractivity contribution in [2.24, 2.45) is 0 Å². The van der Waals surface area contributed by atoms with E-state index in [0.717, 1.165) is 17.1 Å². The lowest BCUT2D eigenvalue weighted by Crippen LogP contribution is -2.25. The third kappa shape index (κ3) is 4.86. The number of benzene rings is 1. The van der Waals surface area contributed by atoms with Gasteiger partial charge in [0.15, 0.2) is 16.8 Å². The molecule has 1 amide bonds. The molecule has 1 atom stereocenters. The molecule has 4 rings (SSSR count). The number of ether oxygens (including phenoxy) is 1. The zero-order valence-corrected chi connectivity index (χ0v) is 18.8. The minimum absolute atomic E-state index is 0.179. The molecule has 4 aromatic rings. The normalized spacial score (nSPS) is 12.0. The van der Waals surface area contributed by atoms with Crippen molar-refractivity contribution in [1.82, 2.24) is 19.9 Å². The van der Waals surface area contributed by atoms with Gasteiger partial charge in [0.05, 0.1) is 25.2 Å². The number of anilines is 1. The fourth-order valence-electron chi connectivity index (χ4n) is 3.13. The summed E-state index contributed by atoms with van der Waals surface area (Å²) >= 11 is 1.34. The Bertz CT molecular complexity index is 1180. The van der Waals surface area contributed by atoms with Gasteiger partial charge in [-0.15, -0.1) is 10.2 Å². The summed E-state index contributed by atoms with van der Waals surface area (Å²) in [4.78, 5) is 12.8. The molecule has 32 heavy (non-hydrogen) atoms. The molecule has 0 bridgehead atoms. The van der Waals surface area contributed by atoms with Crippen LogP contribution < -0.4 is 10.1 Å². The Balaban J connectivity index is 1.63. The van der Waals surface area contributed by atoms with E-state index in [4.69, 9.17) is 13.7 Å². The minimum Gasteiger partial charge on any atom is -0.497 e. The number of hydrogen-bond acceptors (Lipinski definition) is 8. The van der Waals surface area contributed by atoms with Crippen LogP contribution >= 0.6 is 11.8 Å². The van der Waals surface area contributed by atoms with Crippen molar-refractivity contribution >= 4 is 23.5 Å². The number of rotatable bonds is 9. The van der Waals surface area contributed by atoms with Crippen LogP contribution in [0.3, 0.4) is 0 Å². The zero-order valence-electron chi connectivity index (χ0n) is 17.9. The predicted molar refractivity (Wildman–Crippen MR) is 120 cm³/mol. The molecule has 0 fully saturated rings. The summed E-state index contributed by atoms with van der Waals surface area (Å²) in [7, 11) is 1.62. The van der Waals surface area contributed by atoms with Crippen LogP contribution in [0.5, 0.6) is 5.75 Å². The van der Waals surface area contributed by atoms with Crippen LogP contribution in [0.2, 0.25) is 0 Å². The Kier molecular flexibility index (Phi) is 6.60. The molecule has 0 saturated carbocycles. The number of methoxy groups -OCH3 is 1. The molecule has 0 aliphatic carbocycles. The molecule has 0 spiro atoms. The summed E-state index contributed by atoms with van der Waals surface area (Å²) in [6.45, 7) is 4.14. The molecule has 166 valence electrons. The van der Waals surface area contributed by atoms with Crippen molar-refractivity contribution in [1.29, 1.82) is 0 Å². The van der Waals surface area contributed by atoms with Crippen molar-refractivity contribution in [3.05, 3.63) is 60.2 Å². The topological polar surface area (TPSA) is 108 Å². The van der Waals surface area contributed by atoms with E-state index in [-0.39, 0.29) is 5.91 Å². The largest absolute Gasteiger partial charge is 0.497 e. The molecular formula is C22H23N5O4S. The SMILES string of the molecule is CC[C@H](Sc1nnc(-c2cccc(OC)c2)n1Cc1ccco1)C(=O)Nc1cc(C)on1. The first-order valence-electron chi connectivity index (χ1n) is 10.1. The lowest BCUT2D eigenvalue weighted by atomic mass is 10.2. The molecule has 10 heteroatoms. The quantitative estimate of drug-likeness (QED) is 0.372. The number of aryl methyl sites for hydroxylation is 1. The van der Waals surface area contributed by atoms with E-state index in [1.165, 1.54) is 11.8 Å². The summed E-state index contributed by atoms with van der Waals surface area (Å²) in [5.41, 5.74) is 0.853. The first-order chi connectivity index (χ1) is 15.6. The third-order valence-electron chi connectivity index (χ3n) is 4.73. The van der Waals surface area contributed by atoms with Gasteiger partial charge in [0.25, 0.3) is 0 Å². The van der Waals surface area contributed by atoms with Crippen molar-refractivity contribution in [2.45, 2.75) is 37.2 Å². The maximum Gasteiger partial charge on any atom is 0.239 e. The number of nitrogens with zero attached hydrogens (tertiary/aromatic N) is 4. The van der Waals surface area contributed by atoms with Gasteiger partial charge in [-0.2, -0.15) is 0 Å². The molecule has 1 N–H and O–H groups in total. The van der Waals surface area contributed by atoms with E-state index in [0.29, 0.717) is 35.5 Å². The second kappa shape index (κ2) is 9.73. The monoisotopic (exact) mass is 453 g/mol. The second-order valence-electron chi connectivity index (χ2n) is 7.03. The highest BCUT2D eigenvalue weighted by atomic mass is 32.2. The minimum atomic E-state index is -0.398. The number of carbonyl (C=O) groups excluding carboxylic acids is 1. The smallest absolute Gasteiger partial charge is 0.239 e. The predicted octanol–water partition coefficient (Wildman–Crippen LogP) is 4.40. The Labute approximate surface area is 189 Å². The summed E-state index contributed by atoms with van der Waals surface area (Å²) in [6.07, 6.45) is 2.22. The molecule has 3 aromatic heterocycles. The van der Waals surface area contributed by atoms with Gasteiger partial charge in [0.1, 0.15) is 17.3 Å². The van der Waals surface area contributed by atoms with Gasteiger partial charge in [-0.25, -0.2) is 0 Å². The maximum absolute atomic E-state index is 12.8. The summed E-state index contributed by atoms with van der Waals surface area (Å²) in [6, 6.07) is 13.0. The highest BCUT2D eigenvalue weighted by Crippen LogP contribution is 2.31. The third-order valence-corrected chi connectivity index (χ3v) is 6.07. The summed E-state index contributed by atoms with van der Waals surface area (Å²) < 4.78 is 17.9.